The van der Waals surface area contributed by atoms with Crippen molar-refractivity contribution in [3.05, 3.63) is 53.5 Å². The lowest BCUT2D eigenvalue weighted by molar-refractivity contribution is 0.0757. The molecule has 2 atom stereocenters. The molecule has 1 unspecified atom stereocenters. The summed E-state index contributed by atoms with van der Waals surface area (Å²) in [7, 11) is 0. The summed E-state index contributed by atoms with van der Waals surface area (Å²) in [6.07, 6.45) is 3.52. The summed E-state index contributed by atoms with van der Waals surface area (Å²) in [6, 6.07) is 10.9. The lowest BCUT2D eigenvalue weighted by Crippen LogP contribution is -2.33. The summed E-state index contributed by atoms with van der Waals surface area (Å²) >= 11 is 0. The summed E-state index contributed by atoms with van der Waals surface area (Å²) in [5, 5.41) is 0. The van der Waals surface area contributed by atoms with Crippen molar-refractivity contribution in [2.24, 2.45) is 5.73 Å². The second-order valence-electron chi connectivity index (χ2n) is 6.88. The number of halogens is 2. The first-order valence-corrected chi connectivity index (χ1v) is 8.59. The Labute approximate surface area is 166 Å². The number of rotatable bonds is 3. The minimum atomic E-state index is -0.0388. The van der Waals surface area contributed by atoms with Gasteiger partial charge in [0, 0.05) is 43.0 Å². The van der Waals surface area contributed by atoms with Crippen LogP contribution in [0.25, 0.3) is 0 Å². The monoisotopic (exact) mass is 397 g/mol. The Bertz CT molecular complexity index is 765. The number of carbonyl (C=O) groups excluding carboxylic acids is 1. The van der Waals surface area contributed by atoms with E-state index < -0.39 is 0 Å². The molecular weight excluding hydrogens is 373 g/mol. The van der Waals surface area contributed by atoms with Crippen LogP contribution in [0.3, 0.4) is 0 Å². The summed E-state index contributed by atoms with van der Waals surface area (Å²) in [4.78, 5) is 16.9. The zero-order valence-corrected chi connectivity index (χ0v) is 16.4. The number of amides is 1. The van der Waals surface area contributed by atoms with E-state index >= 15 is 0 Å². The van der Waals surface area contributed by atoms with Crippen LogP contribution in [0.4, 0.5) is 5.69 Å². The van der Waals surface area contributed by atoms with Gasteiger partial charge in [-0.15, -0.1) is 24.8 Å². The molecule has 5 nitrogen and oxygen atoms in total. The summed E-state index contributed by atoms with van der Waals surface area (Å²) < 4.78 is 5.55. The maximum absolute atomic E-state index is 12.7. The predicted molar refractivity (Wildman–Crippen MR) is 107 cm³/mol. The number of hydrogen-bond acceptors (Lipinski definition) is 4. The zero-order valence-electron chi connectivity index (χ0n) is 14.8. The van der Waals surface area contributed by atoms with Gasteiger partial charge >= 0.3 is 0 Å². The second kappa shape index (κ2) is 8.33. The van der Waals surface area contributed by atoms with Crippen molar-refractivity contribution < 1.29 is 9.21 Å². The van der Waals surface area contributed by atoms with Crippen molar-refractivity contribution in [3.8, 4) is 0 Å². The third-order valence-corrected chi connectivity index (χ3v) is 5.14. The number of nitrogens with zero attached hydrogens (tertiary/aromatic N) is 2. The van der Waals surface area contributed by atoms with Gasteiger partial charge in [-0.25, -0.2) is 0 Å². The molecule has 7 heteroatoms. The molecule has 0 bridgehead atoms. The van der Waals surface area contributed by atoms with E-state index in [9.17, 15) is 4.79 Å². The van der Waals surface area contributed by atoms with E-state index in [1.165, 1.54) is 11.3 Å². The maximum atomic E-state index is 12.7. The molecular formula is C19H25Cl2N3O2. The van der Waals surface area contributed by atoms with Gasteiger partial charge in [-0.1, -0.05) is 18.2 Å². The lowest BCUT2D eigenvalue weighted by atomic mass is 10.1. The number of carbonyl (C=O) groups is 1. The molecule has 0 spiro atoms. The second-order valence-corrected chi connectivity index (χ2v) is 6.88. The van der Waals surface area contributed by atoms with Crippen molar-refractivity contribution in [2.75, 3.05) is 18.0 Å². The molecule has 26 heavy (non-hydrogen) atoms. The van der Waals surface area contributed by atoms with Crippen LogP contribution in [0.2, 0.25) is 0 Å². The number of para-hydroxylation sites is 1. The molecule has 3 heterocycles. The molecule has 2 aliphatic rings. The van der Waals surface area contributed by atoms with Gasteiger partial charge in [-0.05, 0) is 37.5 Å². The SMILES string of the molecule is CC1Cc2ccccc2N1Cc1ccoc1C(=O)N1CC[C@@H](N)C1.Cl.Cl. The molecule has 2 N–H and O–H groups in total. The fourth-order valence-electron chi connectivity index (χ4n) is 3.82. The number of furan rings is 1. The summed E-state index contributed by atoms with van der Waals surface area (Å²) in [5.74, 6) is 0.420. The molecule has 4 rings (SSSR count). The van der Waals surface area contributed by atoms with Gasteiger partial charge in [0.25, 0.3) is 5.91 Å². The van der Waals surface area contributed by atoms with Crippen molar-refractivity contribution in [1.29, 1.82) is 0 Å². The first kappa shape index (κ1) is 20.6. The highest BCUT2D eigenvalue weighted by Gasteiger charge is 2.31. The van der Waals surface area contributed by atoms with E-state index in [1.807, 2.05) is 6.07 Å². The Balaban J connectivity index is 0.00000121. The van der Waals surface area contributed by atoms with Crippen molar-refractivity contribution in [3.63, 3.8) is 0 Å². The molecule has 0 saturated carbocycles. The van der Waals surface area contributed by atoms with Gasteiger partial charge < -0.3 is 20.0 Å². The molecule has 2 aliphatic heterocycles. The van der Waals surface area contributed by atoms with E-state index in [-0.39, 0.29) is 36.8 Å². The molecule has 0 aliphatic carbocycles. The van der Waals surface area contributed by atoms with Crippen molar-refractivity contribution in [1.82, 2.24) is 4.90 Å². The maximum Gasteiger partial charge on any atom is 0.289 e. The number of hydrogen-bond donors (Lipinski definition) is 1. The third-order valence-electron chi connectivity index (χ3n) is 5.14. The first-order valence-electron chi connectivity index (χ1n) is 8.59. The van der Waals surface area contributed by atoms with Crippen LogP contribution in [0, 0.1) is 0 Å². The topological polar surface area (TPSA) is 62.7 Å². The number of nitrogens with two attached hydrogens (primary N) is 1. The van der Waals surface area contributed by atoms with Crippen LogP contribution in [-0.4, -0.2) is 36.0 Å². The van der Waals surface area contributed by atoms with E-state index in [0.717, 1.165) is 18.4 Å². The van der Waals surface area contributed by atoms with Crippen LogP contribution in [0.1, 0.15) is 35.0 Å². The molecule has 1 aromatic heterocycles. The highest BCUT2D eigenvalue weighted by molar-refractivity contribution is 5.93. The predicted octanol–water partition coefficient (Wildman–Crippen LogP) is 3.25. The van der Waals surface area contributed by atoms with Crippen LogP contribution < -0.4 is 10.6 Å². The smallest absolute Gasteiger partial charge is 0.289 e. The molecule has 1 fully saturated rings. The first-order chi connectivity index (χ1) is 11.6. The highest BCUT2D eigenvalue weighted by atomic mass is 35.5. The number of fused-ring (bicyclic) bond motifs is 1. The molecule has 1 amide bonds. The number of likely N-dealkylation sites (tertiary alicyclic amines) is 1. The Hall–Kier alpha value is -1.69. The van der Waals surface area contributed by atoms with Crippen LogP contribution in [0.15, 0.2) is 41.0 Å². The highest BCUT2D eigenvalue weighted by Crippen LogP contribution is 2.33. The van der Waals surface area contributed by atoms with Gasteiger partial charge in [0.15, 0.2) is 5.76 Å². The largest absolute Gasteiger partial charge is 0.459 e. The quantitative estimate of drug-likeness (QED) is 0.862. The molecule has 2 aromatic rings. The summed E-state index contributed by atoms with van der Waals surface area (Å²) in [6.45, 7) is 4.24. The zero-order chi connectivity index (χ0) is 16.7. The Kier molecular flexibility index (Phi) is 6.61. The fourth-order valence-corrected chi connectivity index (χ4v) is 3.82. The van der Waals surface area contributed by atoms with Gasteiger partial charge in [-0.2, -0.15) is 0 Å². The van der Waals surface area contributed by atoms with Crippen molar-refractivity contribution in [2.45, 2.75) is 38.4 Å². The average molecular weight is 398 g/mol. The number of benzene rings is 1. The normalized spacial score (nSPS) is 21.2. The van der Waals surface area contributed by atoms with Gasteiger partial charge in [0.05, 0.1) is 6.26 Å². The van der Waals surface area contributed by atoms with Gasteiger partial charge in [0.1, 0.15) is 0 Å². The standard InChI is InChI=1S/C19H23N3O2.2ClH/c1-13-10-14-4-2-3-5-17(14)22(13)11-15-7-9-24-18(15)19(23)21-8-6-16(20)12-21;;/h2-5,7,9,13,16H,6,8,10-12,20H2,1H3;2*1H/t13?,16-;;/m1../s1. The average Bonchev–Trinajstić information content (AvgIpc) is 3.27. The van der Waals surface area contributed by atoms with E-state index in [4.69, 9.17) is 10.2 Å². The fraction of sp³-hybridized carbons (Fsp3) is 0.421. The van der Waals surface area contributed by atoms with Gasteiger partial charge in [-0.3, -0.25) is 4.79 Å². The molecule has 0 radical (unpaired) electrons. The lowest BCUT2D eigenvalue weighted by Gasteiger charge is -2.25. The van der Waals surface area contributed by atoms with Crippen LogP contribution in [0.5, 0.6) is 0 Å². The Morgan fingerprint density at radius 2 is 2.04 bits per heavy atom. The molecule has 1 saturated heterocycles. The van der Waals surface area contributed by atoms with E-state index in [2.05, 4.69) is 36.1 Å². The molecule has 142 valence electrons. The Morgan fingerprint density at radius 1 is 1.27 bits per heavy atom. The summed E-state index contributed by atoms with van der Waals surface area (Å²) in [5.41, 5.74) is 9.50. The van der Waals surface area contributed by atoms with E-state index in [1.54, 1.807) is 11.2 Å². The molecule has 1 aromatic carbocycles. The Morgan fingerprint density at radius 3 is 2.77 bits per heavy atom. The minimum Gasteiger partial charge on any atom is -0.459 e. The minimum absolute atomic E-state index is 0. The van der Waals surface area contributed by atoms with E-state index in [0.29, 0.717) is 31.4 Å². The third kappa shape index (κ3) is 3.70. The van der Waals surface area contributed by atoms with Crippen LogP contribution >= 0.6 is 24.8 Å². The van der Waals surface area contributed by atoms with Crippen molar-refractivity contribution >= 4 is 36.4 Å². The van der Waals surface area contributed by atoms with Crippen LogP contribution in [-0.2, 0) is 13.0 Å². The number of anilines is 1. The van der Waals surface area contributed by atoms with Gasteiger partial charge in [0.2, 0.25) is 0 Å².